The quantitative estimate of drug-likeness (QED) is 0.734. The molecule has 1 unspecified atom stereocenters. The summed E-state index contributed by atoms with van der Waals surface area (Å²) in [5, 5.41) is 8.99. The fourth-order valence-electron chi connectivity index (χ4n) is 1.77. The maximum absolute atomic E-state index is 8.99. The second-order valence-electron chi connectivity index (χ2n) is 3.78. The average Bonchev–Trinajstić information content (AvgIpc) is 2.79. The first kappa shape index (κ1) is 10.6. The first-order chi connectivity index (χ1) is 7.38. The Morgan fingerprint density at radius 2 is 2.40 bits per heavy atom. The molecule has 0 aliphatic carbocycles. The number of morpholine rings is 1. The molecule has 0 radical (unpaired) electrons. The molecule has 1 atom stereocenters. The average molecular weight is 211 g/mol. The van der Waals surface area contributed by atoms with Gasteiger partial charge in [-0.1, -0.05) is 0 Å². The highest BCUT2D eigenvalue weighted by Gasteiger charge is 2.18. The molecule has 15 heavy (non-hydrogen) atoms. The third kappa shape index (κ3) is 3.02. The van der Waals surface area contributed by atoms with Crippen molar-refractivity contribution in [3.8, 4) is 0 Å². The van der Waals surface area contributed by atoms with E-state index in [0.717, 1.165) is 32.8 Å². The van der Waals surface area contributed by atoms with E-state index in [1.54, 1.807) is 6.20 Å². The Kier molecular flexibility index (Phi) is 3.71. The van der Waals surface area contributed by atoms with Gasteiger partial charge < -0.3 is 14.4 Å². The van der Waals surface area contributed by atoms with Crippen LogP contribution in [0.1, 0.15) is 0 Å². The molecule has 0 amide bonds. The summed E-state index contributed by atoms with van der Waals surface area (Å²) in [6, 6.07) is 0. The van der Waals surface area contributed by atoms with Gasteiger partial charge in [0.15, 0.2) is 0 Å². The molecular formula is C10H17N3O2. The van der Waals surface area contributed by atoms with Gasteiger partial charge in [-0.2, -0.15) is 0 Å². The van der Waals surface area contributed by atoms with Gasteiger partial charge >= 0.3 is 0 Å². The van der Waals surface area contributed by atoms with Gasteiger partial charge in [0.1, 0.15) is 0 Å². The van der Waals surface area contributed by atoms with Gasteiger partial charge in [-0.3, -0.25) is 4.90 Å². The van der Waals surface area contributed by atoms with Crippen LogP contribution in [0.4, 0.5) is 0 Å². The second kappa shape index (κ2) is 5.25. The Hall–Kier alpha value is -0.910. The van der Waals surface area contributed by atoms with Crippen molar-refractivity contribution in [3.63, 3.8) is 0 Å². The predicted octanol–water partition coefficient (Wildman–Crippen LogP) is -0.424. The molecule has 5 heteroatoms. The van der Waals surface area contributed by atoms with Crippen molar-refractivity contribution >= 4 is 0 Å². The Balaban J connectivity index is 1.74. The lowest BCUT2D eigenvalue weighted by Gasteiger charge is -2.31. The minimum atomic E-state index is -0.0125. The summed E-state index contributed by atoms with van der Waals surface area (Å²) in [6.07, 6.45) is 5.56. The van der Waals surface area contributed by atoms with Gasteiger partial charge in [0, 0.05) is 38.6 Å². The molecule has 1 fully saturated rings. The molecule has 84 valence electrons. The molecule has 1 aliphatic rings. The van der Waals surface area contributed by atoms with Crippen molar-refractivity contribution in [1.82, 2.24) is 14.5 Å². The van der Waals surface area contributed by atoms with Crippen LogP contribution in [0.15, 0.2) is 18.7 Å². The van der Waals surface area contributed by atoms with E-state index in [1.165, 1.54) is 0 Å². The smallest absolute Gasteiger partial charge is 0.0946 e. The first-order valence-corrected chi connectivity index (χ1v) is 5.29. The Morgan fingerprint density at radius 1 is 1.47 bits per heavy atom. The highest BCUT2D eigenvalue weighted by molar-refractivity contribution is 4.76. The van der Waals surface area contributed by atoms with Crippen LogP contribution in [0.3, 0.4) is 0 Å². The van der Waals surface area contributed by atoms with Crippen LogP contribution in [-0.4, -0.2) is 58.5 Å². The summed E-state index contributed by atoms with van der Waals surface area (Å²) in [5.74, 6) is 0. The van der Waals surface area contributed by atoms with Crippen molar-refractivity contribution in [2.24, 2.45) is 0 Å². The van der Waals surface area contributed by atoms with E-state index in [-0.39, 0.29) is 12.7 Å². The van der Waals surface area contributed by atoms with Crippen LogP contribution in [0, 0.1) is 0 Å². The molecule has 5 nitrogen and oxygen atoms in total. The van der Waals surface area contributed by atoms with Gasteiger partial charge in [-0.05, 0) is 0 Å². The zero-order valence-electron chi connectivity index (χ0n) is 8.75. The summed E-state index contributed by atoms with van der Waals surface area (Å²) in [5.41, 5.74) is 0. The van der Waals surface area contributed by atoms with Crippen molar-refractivity contribution in [1.29, 1.82) is 0 Å². The SMILES string of the molecule is OCC1CN(CCn2ccnc2)CCO1. The van der Waals surface area contributed by atoms with Crippen molar-refractivity contribution < 1.29 is 9.84 Å². The third-order valence-electron chi connectivity index (χ3n) is 2.66. The molecular weight excluding hydrogens is 194 g/mol. The zero-order valence-corrected chi connectivity index (χ0v) is 8.75. The molecule has 1 aromatic heterocycles. The highest BCUT2D eigenvalue weighted by atomic mass is 16.5. The van der Waals surface area contributed by atoms with E-state index in [4.69, 9.17) is 9.84 Å². The van der Waals surface area contributed by atoms with Crippen LogP contribution in [-0.2, 0) is 11.3 Å². The minimum absolute atomic E-state index is 0.0125. The summed E-state index contributed by atoms with van der Waals surface area (Å²) in [7, 11) is 0. The fourth-order valence-corrected chi connectivity index (χ4v) is 1.77. The predicted molar refractivity (Wildman–Crippen MR) is 55.5 cm³/mol. The Bertz CT molecular complexity index is 276. The van der Waals surface area contributed by atoms with Crippen molar-refractivity contribution in [2.75, 3.05) is 32.8 Å². The molecule has 1 N–H and O–H groups in total. The van der Waals surface area contributed by atoms with Gasteiger partial charge in [-0.25, -0.2) is 4.98 Å². The van der Waals surface area contributed by atoms with Crippen molar-refractivity contribution in [3.05, 3.63) is 18.7 Å². The van der Waals surface area contributed by atoms with Gasteiger partial charge in [0.05, 0.1) is 25.6 Å². The molecule has 2 rings (SSSR count). The van der Waals surface area contributed by atoms with E-state index in [1.807, 2.05) is 12.5 Å². The van der Waals surface area contributed by atoms with E-state index in [9.17, 15) is 0 Å². The number of hydrogen-bond acceptors (Lipinski definition) is 4. The maximum atomic E-state index is 8.99. The standard InChI is InChI=1S/C10H17N3O2/c14-8-10-7-12(5-6-15-10)3-4-13-2-1-11-9-13/h1-2,9-10,14H,3-8H2. The molecule has 1 saturated heterocycles. The first-order valence-electron chi connectivity index (χ1n) is 5.29. The molecule has 1 aromatic rings. The largest absolute Gasteiger partial charge is 0.394 e. The number of hydrogen-bond donors (Lipinski definition) is 1. The van der Waals surface area contributed by atoms with Crippen LogP contribution in [0.2, 0.25) is 0 Å². The zero-order chi connectivity index (χ0) is 10.5. The van der Waals surface area contributed by atoms with Gasteiger partial charge in [0.2, 0.25) is 0 Å². The highest BCUT2D eigenvalue weighted by Crippen LogP contribution is 2.04. The summed E-state index contributed by atoms with van der Waals surface area (Å²) >= 11 is 0. The number of ether oxygens (including phenoxy) is 1. The molecule has 2 heterocycles. The molecule has 1 aliphatic heterocycles. The lowest BCUT2D eigenvalue weighted by molar-refractivity contribution is -0.0533. The van der Waals surface area contributed by atoms with Crippen molar-refractivity contribution in [2.45, 2.75) is 12.6 Å². The van der Waals surface area contributed by atoms with Gasteiger partial charge in [0.25, 0.3) is 0 Å². The Labute approximate surface area is 89.3 Å². The summed E-state index contributed by atoms with van der Waals surface area (Å²) < 4.78 is 7.44. The number of nitrogens with zero attached hydrogens (tertiary/aromatic N) is 3. The third-order valence-corrected chi connectivity index (χ3v) is 2.66. The normalized spacial score (nSPS) is 23.1. The lowest BCUT2D eigenvalue weighted by Crippen LogP contribution is -2.45. The summed E-state index contributed by atoms with van der Waals surface area (Å²) in [6.45, 7) is 4.53. The number of rotatable bonds is 4. The second-order valence-corrected chi connectivity index (χ2v) is 3.78. The topological polar surface area (TPSA) is 50.5 Å². The molecule has 0 aromatic carbocycles. The fraction of sp³-hybridized carbons (Fsp3) is 0.700. The maximum Gasteiger partial charge on any atom is 0.0946 e. The van der Waals surface area contributed by atoms with E-state index >= 15 is 0 Å². The van der Waals surface area contributed by atoms with Crippen LogP contribution < -0.4 is 0 Å². The Morgan fingerprint density at radius 3 is 3.13 bits per heavy atom. The van der Waals surface area contributed by atoms with E-state index in [0.29, 0.717) is 0 Å². The minimum Gasteiger partial charge on any atom is -0.394 e. The number of aliphatic hydroxyl groups is 1. The van der Waals surface area contributed by atoms with Crippen LogP contribution in [0.5, 0.6) is 0 Å². The molecule has 0 saturated carbocycles. The summed E-state index contributed by atoms with van der Waals surface area (Å²) in [4.78, 5) is 6.31. The number of imidazole rings is 1. The van der Waals surface area contributed by atoms with E-state index < -0.39 is 0 Å². The van der Waals surface area contributed by atoms with Crippen LogP contribution in [0.25, 0.3) is 0 Å². The number of aliphatic hydroxyl groups excluding tert-OH is 1. The van der Waals surface area contributed by atoms with Crippen LogP contribution >= 0.6 is 0 Å². The number of aromatic nitrogens is 2. The molecule has 0 bridgehead atoms. The lowest BCUT2D eigenvalue weighted by atomic mass is 10.3. The van der Waals surface area contributed by atoms with E-state index in [2.05, 4.69) is 14.5 Å². The monoisotopic (exact) mass is 211 g/mol. The van der Waals surface area contributed by atoms with Gasteiger partial charge in [-0.15, -0.1) is 0 Å². The molecule has 0 spiro atoms.